The third-order valence-corrected chi connectivity index (χ3v) is 3.74. The Morgan fingerprint density at radius 3 is 1.35 bits per heavy atom. The predicted octanol–water partition coefficient (Wildman–Crippen LogP) is 5.30. The fraction of sp³-hybridized carbons (Fsp3) is 0.812. The van der Waals surface area contributed by atoms with Crippen molar-refractivity contribution in [1.29, 1.82) is 0 Å². The first-order chi connectivity index (χ1) is 8.13. The van der Waals surface area contributed by atoms with Crippen LogP contribution >= 0.6 is 0 Å². The zero-order chi connectivity index (χ0) is 13.3. The van der Waals surface area contributed by atoms with E-state index in [-0.39, 0.29) is 0 Å². The van der Waals surface area contributed by atoms with Crippen LogP contribution in [0.4, 0.5) is 0 Å². The van der Waals surface area contributed by atoms with Gasteiger partial charge in [-0.3, -0.25) is 4.79 Å². The van der Waals surface area contributed by atoms with Crippen LogP contribution in [0.5, 0.6) is 0 Å². The predicted molar refractivity (Wildman–Crippen MR) is 76.2 cm³/mol. The summed E-state index contributed by atoms with van der Waals surface area (Å²) in [5.41, 5.74) is 2.27. The molecule has 1 atom stereocenters. The van der Waals surface area contributed by atoms with Gasteiger partial charge in [0.2, 0.25) is 0 Å². The van der Waals surface area contributed by atoms with Gasteiger partial charge in [0.25, 0.3) is 0 Å². The summed E-state index contributed by atoms with van der Waals surface area (Å²) in [6.07, 6.45) is 9.73. The van der Waals surface area contributed by atoms with Crippen molar-refractivity contribution >= 4 is 5.78 Å². The quantitative estimate of drug-likeness (QED) is 0.560. The van der Waals surface area contributed by atoms with Crippen LogP contribution in [0, 0.1) is 5.92 Å². The molecule has 17 heavy (non-hydrogen) atoms. The van der Waals surface area contributed by atoms with Gasteiger partial charge in [-0.2, -0.15) is 0 Å². The third-order valence-electron chi connectivity index (χ3n) is 3.74. The largest absolute Gasteiger partial charge is 0.295 e. The molecule has 0 bridgehead atoms. The third kappa shape index (κ3) is 6.05. The molecule has 100 valence electrons. The minimum absolute atomic E-state index is 0.333. The van der Waals surface area contributed by atoms with Crippen molar-refractivity contribution in [3.05, 3.63) is 11.1 Å². The molecule has 0 saturated heterocycles. The molecule has 1 nitrogen and oxygen atoms in total. The number of rotatable bonds is 0. The van der Waals surface area contributed by atoms with Crippen molar-refractivity contribution in [3.63, 3.8) is 0 Å². The van der Waals surface area contributed by atoms with Crippen molar-refractivity contribution in [3.8, 4) is 0 Å². The van der Waals surface area contributed by atoms with Gasteiger partial charge in [0.1, 0.15) is 0 Å². The molecule has 0 aromatic heterocycles. The smallest absolute Gasteiger partial charge is 0.159 e. The van der Waals surface area contributed by atoms with E-state index in [0.29, 0.717) is 11.7 Å². The summed E-state index contributed by atoms with van der Waals surface area (Å²) >= 11 is 0. The first-order valence-electron chi connectivity index (χ1n) is 7.33. The second kappa shape index (κ2) is 9.44. The van der Waals surface area contributed by atoms with E-state index in [1.165, 1.54) is 44.1 Å². The highest BCUT2D eigenvalue weighted by Gasteiger charge is 2.22. The number of ketones is 1. The van der Waals surface area contributed by atoms with Crippen LogP contribution in [0.1, 0.15) is 79.6 Å². The summed E-state index contributed by atoms with van der Waals surface area (Å²) in [5.74, 6) is 0.831. The molecule has 0 amide bonds. The highest BCUT2D eigenvalue weighted by Crippen LogP contribution is 2.27. The monoisotopic (exact) mass is 238 g/mol. The maximum atomic E-state index is 10.9. The highest BCUT2D eigenvalue weighted by molar-refractivity contribution is 5.98. The Balaban J connectivity index is 0.000000278. The second-order valence-corrected chi connectivity index (χ2v) is 4.96. The van der Waals surface area contributed by atoms with Crippen molar-refractivity contribution in [1.82, 2.24) is 0 Å². The van der Waals surface area contributed by atoms with E-state index in [9.17, 15) is 4.79 Å². The zero-order valence-corrected chi connectivity index (χ0v) is 12.4. The SMILES string of the molecule is C1CCCCC1.CC.CC1=C(C)C(C)CC1=O. The van der Waals surface area contributed by atoms with Crippen LogP contribution in [0.15, 0.2) is 11.1 Å². The number of hydrogen-bond acceptors (Lipinski definition) is 1. The Morgan fingerprint density at radius 2 is 1.24 bits per heavy atom. The molecule has 2 aliphatic carbocycles. The Bertz CT molecular complexity index is 235. The Kier molecular flexibility index (Phi) is 9.11. The lowest BCUT2D eigenvalue weighted by Gasteiger charge is -2.05. The molecule has 1 fully saturated rings. The number of hydrogen-bond donors (Lipinski definition) is 0. The first kappa shape index (κ1) is 16.4. The molecular formula is C16H30O. The molecule has 1 saturated carbocycles. The molecule has 0 radical (unpaired) electrons. The minimum atomic E-state index is 0.333. The lowest BCUT2D eigenvalue weighted by atomic mass is 10.0. The Hall–Kier alpha value is -0.590. The highest BCUT2D eigenvalue weighted by atomic mass is 16.1. The summed E-state index contributed by atoms with van der Waals surface area (Å²) < 4.78 is 0. The van der Waals surface area contributed by atoms with E-state index in [0.717, 1.165) is 12.0 Å². The van der Waals surface area contributed by atoms with E-state index in [1.54, 1.807) is 0 Å². The van der Waals surface area contributed by atoms with Crippen LogP contribution in [0.2, 0.25) is 0 Å². The van der Waals surface area contributed by atoms with E-state index in [2.05, 4.69) is 6.92 Å². The average Bonchev–Trinajstić information content (AvgIpc) is 2.62. The Labute approximate surface area is 108 Å². The molecule has 2 aliphatic rings. The molecule has 0 spiro atoms. The normalized spacial score (nSPS) is 23.6. The van der Waals surface area contributed by atoms with Gasteiger partial charge in [-0.1, -0.05) is 64.9 Å². The topological polar surface area (TPSA) is 17.1 Å². The van der Waals surface area contributed by atoms with E-state index < -0.39 is 0 Å². The van der Waals surface area contributed by atoms with E-state index in [4.69, 9.17) is 0 Å². The van der Waals surface area contributed by atoms with Gasteiger partial charge in [-0.05, 0) is 25.3 Å². The van der Waals surface area contributed by atoms with Gasteiger partial charge >= 0.3 is 0 Å². The van der Waals surface area contributed by atoms with Crippen LogP contribution in [-0.4, -0.2) is 5.78 Å². The standard InChI is InChI=1S/C8H12O.C6H12.C2H6/c1-5-4-8(9)7(3)6(5)2;1-2-4-6-5-3-1;1-2/h5H,4H2,1-3H3;1-6H2;1-2H3. The van der Waals surface area contributed by atoms with Gasteiger partial charge in [0.05, 0.1) is 0 Å². The van der Waals surface area contributed by atoms with Crippen molar-refractivity contribution < 1.29 is 4.79 Å². The van der Waals surface area contributed by atoms with Gasteiger partial charge in [-0.25, -0.2) is 0 Å². The molecule has 0 heterocycles. The number of carbonyl (C=O) groups is 1. The summed E-state index contributed by atoms with van der Waals surface area (Å²) in [7, 11) is 0. The molecular weight excluding hydrogens is 208 g/mol. The summed E-state index contributed by atoms with van der Waals surface area (Å²) in [4.78, 5) is 10.9. The molecule has 0 N–H and O–H groups in total. The number of carbonyl (C=O) groups excluding carboxylic acids is 1. The van der Waals surface area contributed by atoms with Crippen LogP contribution in [0.3, 0.4) is 0 Å². The molecule has 1 heteroatoms. The lowest BCUT2D eigenvalue weighted by Crippen LogP contribution is -1.93. The maximum absolute atomic E-state index is 10.9. The molecule has 0 aliphatic heterocycles. The fourth-order valence-electron chi connectivity index (χ4n) is 2.23. The van der Waals surface area contributed by atoms with Gasteiger partial charge in [-0.15, -0.1) is 0 Å². The summed E-state index contributed by atoms with van der Waals surface area (Å²) in [6, 6.07) is 0. The number of allylic oxidation sites excluding steroid dienone is 2. The fourth-order valence-corrected chi connectivity index (χ4v) is 2.23. The molecule has 1 unspecified atom stereocenters. The average molecular weight is 238 g/mol. The second-order valence-electron chi connectivity index (χ2n) is 4.96. The zero-order valence-electron chi connectivity index (χ0n) is 12.4. The van der Waals surface area contributed by atoms with Gasteiger partial charge in [0.15, 0.2) is 5.78 Å². The van der Waals surface area contributed by atoms with Gasteiger partial charge < -0.3 is 0 Å². The van der Waals surface area contributed by atoms with Crippen molar-refractivity contribution in [2.24, 2.45) is 5.92 Å². The number of Topliss-reactive ketones (excluding diaryl/α,β-unsaturated/α-hetero) is 1. The molecule has 0 aromatic carbocycles. The van der Waals surface area contributed by atoms with Gasteiger partial charge in [0, 0.05) is 6.42 Å². The minimum Gasteiger partial charge on any atom is -0.295 e. The van der Waals surface area contributed by atoms with Crippen LogP contribution < -0.4 is 0 Å². The first-order valence-corrected chi connectivity index (χ1v) is 7.33. The van der Waals surface area contributed by atoms with Crippen LogP contribution in [0.25, 0.3) is 0 Å². The van der Waals surface area contributed by atoms with Crippen molar-refractivity contribution in [2.45, 2.75) is 79.6 Å². The molecule has 0 aromatic rings. The lowest BCUT2D eigenvalue weighted by molar-refractivity contribution is -0.115. The van der Waals surface area contributed by atoms with E-state index in [1.807, 2.05) is 27.7 Å². The Morgan fingerprint density at radius 1 is 0.882 bits per heavy atom. The van der Waals surface area contributed by atoms with Crippen LogP contribution in [-0.2, 0) is 4.79 Å². The summed E-state index contributed by atoms with van der Waals surface area (Å²) in [5, 5.41) is 0. The molecule has 2 rings (SSSR count). The summed E-state index contributed by atoms with van der Waals surface area (Å²) in [6.45, 7) is 10.1. The van der Waals surface area contributed by atoms with Crippen molar-refractivity contribution in [2.75, 3.05) is 0 Å². The van der Waals surface area contributed by atoms with E-state index >= 15 is 0 Å². The maximum Gasteiger partial charge on any atom is 0.159 e.